The fraction of sp³-hybridized carbons (Fsp3) is 0.538. The SMILES string of the molecule is CC[C@H](OCC1CC1)c1ccccc1. The van der Waals surface area contributed by atoms with E-state index in [2.05, 4.69) is 37.3 Å². The maximum absolute atomic E-state index is 5.90. The quantitative estimate of drug-likeness (QED) is 0.689. The molecule has 1 saturated carbocycles. The van der Waals surface area contributed by atoms with E-state index in [1.807, 2.05) is 0 Å². The summed E-state index contributed by atoms with van der Waals surface area (Å²) in [6.07, 6.45) is 4.10. The zero-order valence-electron chi connectivity index (χ0n) is 8.78. The molecule has 14 heavy (non-hydrogen) atoms. The first-order valence-electron chi connectivity index (χ1n) is 5.56. The molecule has 2 rings (SSSR count). The van der Waals surface area contributed by atoms with E-state index < -0.39 is 0 Å². The van der Waals surface area contributed by atoms with Crippen LogP contribution < -0.4 is 0 Å². The molecule has 1 heteroatoms. The van der Waals surface area contributed by atoms with Crippen LogP contribution in [0.3, 0.4) is 0 Å². The van der Waals surface area contributed by atoms with Crippen molar-refractivity contribution in [3.63, 3.8) is 0 Å². The fourth-order valence-electron chi connectivity index (χ4n) is 1.65. The van der Waals surface area contributed by atoms with E-state index in [4.69, 9.17) is 4.74 Å². The third-order valence-electron chi connectivity index (χ3n) is 2.77. The van der Waals surface area contributed by atoms with Crippen LogP contribution in [0.2, 0.25) is 0 Å². The summed E-state index contributed by atoms with van der Waals surface area (Å²) < 4.78 is 5.90. The van der Waals surface area contributed by atoms with Gasteiger partial charge in [-0.05, 0) is 30.7 Å². The van der Waals surface area contributed by atoms with Gasteiger partial charge in [0.15, 0.2) is 0 Å². The van der Waals surface area contributed by atoms with Gasteiger partial charge in [-0.3, -0.25) is 0 Å². The number of hydrogen-bond donors (Lipinski definition) is 0. The van der Waals surface area contributed by atoms with Gasteiger partial charge in [-0.15, -0.1) is 0 Å². The van der Waals surface area contributed by atoms with Gasteiger partial charge in [-0.1, -0.05) is 37.3 Å². The average molecular weight is 190 g/mol. The Kier molecular flexibility index (Phi) is 3.20. The van der Waals surface area contributed by atoms with Gasteiger partial charge in [0, 0.05) is 0 Å². The van der Waals surface area contributed by atoms with E-state index in [0.29, 0.717) is 6.10 Å². The molecular formula is C13H18O. The predicted molar refractivity (Wildman–Crippen MR) is 58.2 cm³/mol. The van der Waals surface area contributed by atoms with E-state index in [-0.39, 0.29) is 0 Å². The number of ether oxygens (including phenoxy) is 1. The topological polar surface area (TPSA) is 9.23 Å². The Hall–Kier alpha value is -0.820. The normalized spacial score (nSPS) is 18.1. The fourth-order valence-corrected chi connectivity index (χ4v) is 1.65. The second kappa shape index (κ2) is 4.61. The predicted octanol–water partition coefficient (Wildman–Crippen LogP) is 3.56. The Balaban J connectivity index is 1.90. The summed E-state index contributed by atoms with van der Waals surface area (Å²) in [6.45, 7) is 3.14. The lowest BCUT2D eigenvalue weighted by Crippen LogP contribution is -2.05. The van der Waals surface area contributed by atoms with Crippen LogP contribution >= 0.6 is 0 Å². The van der Waals surface area contributed by atoms with Crippen molar-refractivity contribution in [2.75, 3.05) is 6.61 Å². The van der Waals surface area contributed by atoms with Crippen LogP contribution in [-0.2, 0) is 4.74 Å². The molecule has 0 heterocycles. The van der Waals surface area contributed by atoms with Crippen molar-refractivity contribution in [1.29, 1.82) is 0 Å². The third-order valence-corrected chi connectivity index (χ3v) is 2.77. The molecule has 1 atom stereocenters. The Morgan fingerprint density at radius 3 is 2.57 bits per heavy atom. The molecule has 1 aromatic carbocycles. The maximum atomic E-state index is 5.90. The highest BCUT2D eigenvalue weighted by atomic mass is 16.5. The van der Waals surface area contributed by atoms with E-state index in [1.54, 1.807) is 0 Å². The first kappa shape index (κ1) is 9.72. The zero-order valence-corrected chi connectivity index (χ0v) is 8.78. The molecule has 0 radical (unpaired) electrons. The largest absolute Gasteiger partial charge is 0.373 e. The van der Waals surface area contributed by atoms with Crippen molar-refractivity contribution in [2.45, 2.75) is 32.3 Å². The Morgan fingerprint density at radius 2 is 2.00 bits per heavy atom. The van der Waals surface area contributed by atoms with E-state index in [1.165, 1.54) is 18.4 Å². The average Bonchev–Trinajstić information content (AvgIpc) is 3.04. The first-order chi connectivity index (χ1) is 6.90. The molecule has 1 aromatic rings. The Morgan fingerprint density at radius 1 is 1.29 bits per heavy atom. The molecule has 1 fully saturated rings. The van der Waals surface area contributed by atoms with Gasteiger partial charge in [-0.2, -0.15) is 0 Å². The summed E-state index contributed by atoms with van der Waals surface area (Å²) in [5.74, 6) is 0.854. The molecule has 1 aliphatic carbocycles. The van der Waals surface area contributed by atoms with Crippen LogP contribution in [0, 0.1) is 5.92 Å². The lowest BCUT2D eigenvalue weighted by molar-refractivity contribution is 0.0427. The summed E-state index contributed by atoms with van der Waals surface area (Å²) in [7, 11) is 0. The Bertz CT molecular complexity index is 264. The van der Waals surface area contributed by atoms with Gasteiger partial charge in [0.1, 0.15) is 0 Å². The second-order valence-electron chi connectivity index (χ2n) is 4.08. The van der Waals surface area contributed by atoms with Crippen LogP contribution in [0.15, 0.2) is 30.3 Å². The smallest absolute Gasteiger partial charge is 0.0822 e. The second-order valence-corrected chi connectivity index (χ2v) is 4.08. The van der Waals surface area contributed by atoms with Crippen LogP contribution in [0.25, 0.3) is 0 Å². The maximum Gasteiger partial charge on any atom is 0.0822 e. The summed E-state index contributed by atoms with van der Waals surface area (Å²) in [5.41, 5.74) is 1.32. The van der Waals surface area contributed by atoms with Crippen molar-refractivity contribution in [1.82, 2.24) is 0 Å². The number of rotatable bonds is 5. The first-order valence-corrected chi connectivity index (χ1v) is 5.56. The number of benzene rings is 1. The molecular weight excluding hydrogens is 172 g/mol. The standard InChI is InChI=1S/C13H18O/c1-2-13(14-10-11-8-9-11)12-6-4-3-5-7-12/h3-7,11,13H,2,8-10H2,1H3/t13-/m0/s1. The minimum absolute atomic E-state index is 0.303. The van der Waals surface area contributed by atoms with Crippen molar-refractivity contribution in [2.24, 2.45) is 5.92 Å². The molecule has 0 bridgehead atoms. The minimum Gasteiger partial charge on any atom is -0.373 e. The van der Waals surface area contributed by atoms with Gasteiger partial charge in [0.25, 0.3) is 0 Å². The van der Waals surface area contributed by atoms with E-state index in [0.717, 1.165) is 18.9 Å². The minimum atomic E-state index is 0.303. The highest BCUT2D eigenvalue weighted by molar-refractivity contribution is 5.17. The van der Waals surface area contributed by atoms with Crippen LogP contribution in [-0.4, -0.2) is 6.61 Å². The van der Waals surface area contributed by atoms with E-state index in [9.17, 15) is 0 Å². The third kappa shape index (κ3) is 2.58. The van der Waals surface area contributed by atoms with Crippen LogP contribution in [0.5, 0.6) is 0 Å². The molecule has 0 aliphatic heterocycles. The van der Waals surface area contributed by atoms with Gasteiger partial charge in [0.05, 0.1) is 12.7 Å². The van der Waals surface area contributed by atoms with Gasteiger partial charge < -0.3 is 4.74 Å². The summed E-state index contributed by atoms with van der Waals surface area (Å²) in [6, 6.07) is 10.5. The molecule has 0 saturated heterocycles. The lowest BCUT2D eigenvalue weighted by atomic mass is 10.1. The molecule has 1 aliphatic rings. The Labute approximate surface area is 86.1 Å². The lowest BCUT2D eigenvalue weighted by Gasteiger charge is -2.16. The van der Waals surface area contributed by atoms with Gasteiger partial charge >= 0.3 is 0 Å². The van der Waals surface area contributed by atoms with Crippen LogP contribution in [0.4, 0.5) is 0 Å². The van der Waals surface area contributed by atoms with Crippen LogP contribution in [0.1, 0.15) is 37.9 Å². The van der Waals surface area contributed by atoms with Crippen molar-refractivity contribution >= 4 is 0 Å². The molecule has 1 nitrogen and oxygen atoms in total. The van der Waals surface area contributed by atoms with Crippen molar-refractivity contribution < 1.29 is 4.74 Å². The molecule has 0 N–H and O–H groups in total. The monoisotopic (exact) mass is 190 g/mol. The number of hydrogen-bond acceptors (Lipinski definition) is 1. The summed E-state index contributed by atoms with van der Waals surface area (Å²) in [4.78, 5) is 0. The van der Waals surface area contributed by atoms with Gasteiger partial charge in [0.2, 0.25) is 0 Å². The molecule has 0 unspecified atom stereocenters. The molecule has 0 aromatic heterocycles. The summed E-state index contributed by atoms with van der Waals surface area (Å²) >= 11 is 0. The summed E-state index contributed by atoms with van der Waals surface area (Å²) in [5, 5.41) is 0. The highest BCUT2D eigenvalue weighted by Crippen LogP contribution is 2.31. The molecule has 76 valence electrons. The molecule has 0 spiro atoms. The molecule has 0 amide bonds. The van der Waals surface area contributed by atoms with Crippen molar-refractivity contribution in [3.05, 3.63) is 35.9 Å². The highest BCUT2D eigenvalue weighted by Gasteiger charge is 2.23. The zero-order chi connectivity index (χ0) is 9.80. The van der Waals surface area contributed by atoms with Crippen molar-refractivity contribution in [3.8, 4) is 0 Å². The van der Waals surface area contributed by atoms with Gasteiger partial charge in [-0.25, -0.2) is 0 Å². The van der Waals surface area contributed by atoms with E-state index >= 15 is 0 Å².